The number of hydrogen-bond donors (Lipinski definition) is 1. The van der Waals surface area contributed by atoms with Gasteiger partial charge in [0.25, 0.3) is 5.56 Å². The van der Waals surface area contributed by atoms with Crippen LogP contribution in [0.15, 0.2) is 39.7 Å². The standard InChI is InChI=1S/C14H11BrCl2N2O2/c1-8-5-9(15)6-19(14(8)21)7-12(20)18-11-4-2-3-10(16)13(11)17/h2-6H,7H2,1H3,(H,18,20). The number of pyridine rings is 1. The molecule has 110 valence electrons. The largest absolute Gasteiger partial charge is 0.323 e. The number of rotatable bonds is 3. The molecule has 0 atom stereocenters. The third-order valence-electron chi connectivity index (χ3n) is 2.77. The van der Waals surface area contributed by atoms with Crippen molar-refractivity contribution in [3.63, 3.8) is 0 Å². The van der Waals surface area contributed by atoms with Crippen LogP contribution in [0.3, 0.4) is 0 Å². The predicted octanol–water partition coefficient (Wildman–Crippen LogP) is 3.86. The van der Waals surface area contributed by atoms with Crippen LogP contribution in [-0.2, 0) is 11.3 Å². The van der Waals surface area contributed by atoms with Crippen molar-refractivity contribution in [1.29, 1.82) is 0 Å². The van der Waals surface area contributed by atoms with Gasteiger partial charge in [0.15, 0.2) is 0 Å². The number of halogens is 3. The molecular weight excluding hydrogens is 379 g/mol. The predicted molar refractivity (Wildman–Crippen MR) is 88.2 cm³/mol. The fourth-order valence-corrected chi connectivity index (χ4v) is 2.74. The van der Waals surface area contributed by atoms with Gasteiger partial charge in [0.2, 0.25) is 5.91 Å². The molecule has 0 aliphatic heterocycles. The average molecular weight is 390 g/mol. The van der Waals surface area contributed by atoms with Crippen LogP contribution in [0.5, 0.6) is 0 Å². The van der Waals surface area contributed by atoms with E-state index < -0.39 is 0 Å². The molecule has 0 aliphatic rings. The summed E-state index contributed by atoms with van der Waals surface area (Å²) < 4.78 is 2.06. The minimum atomic E-state index is -0.362. The first-order chi connectivity index (χ1) is 9.88. The molecule has 0 fully saturated rings. The first-order valence-corrected chi connectivity index (χ1v) is 7.54. The monoisotopic (exact) mass is 388 g/mol. The Hall–Kier alpha value is -1.30. The second kappa shape index (κ2) is 6.64. The van der Waals surface area contributed by atoms with Crippen LogP contribution in [0.1, 0.15) is 5.56 Å². The van der Waals surface area contributed by atoms with Crippen molar-refractivity contribution < 1.29 is 4.79 Å². The Morgan fingerprint density at radius 2 is 2.10 bits per heavy atom. The van der Waals surface area contributed by atoms with E-state index in [9.17, 15) is 9.59 Å². The molecule has 1 aromatic heterocycles. The van der Waals surface area contributed by atoms with E-state index in [1.807, 2.05) is 0 Å². The maximum Gasteiger partial charge on any atom is 0.253 e. The van der Waals surface area contributed by atoms with Crippen molar-refractivity contribution in [2.45, 2.75) is 13.5 Å². The first kappa shape index (κ1) is 16.1. The van der Waals surface area contributed by atoms with Gasteiger partial charge in [-0.15, -0.1) is 0 Å². The van der Waals surface area contributed by atoms with Gasteiger partial charge in [0.05, 0.1) is 15.7 Å². The van der Waals surface area contributed by atoms with Crippen LogP contribution in [0.25, 0.3) is 0 Å². The number of anilines is 1. The third-order valence-corrected chi connectivity index (χ3v) is 4.02. The summed E-state index contributed by atoms with van der Waals surface area (Å²) in [5, 5.41) is 3.26. The Bertz CT molecular complexity index is 759. The summed E-state index contributed by atoms with van der Waals surface area (Å²) in [6.45, 7) is 1.58. The third kappa shape index (κ3) is 3.87. The molecule has 1 N–H and O–H groups in total. The number of benzene rings is 1. The zero-order valence-electron chi connectivity index (χ0n) is 11.0. The van der Waals surface area contributed by atoms with Crippen LogP contribution < -0.4 is 10.9 Å². The molecule has 0 unspecified atom stereocenters. The molecule has 1 aromatic carbocycles. The lowest BCUT2D eigenvalue weighted by Gasteiger charge is -2.10. The topological polar surface area (TPSA) is 51.1 Å². The van der Waals surface area contributed by atoms with Crippen molar-refractivity contribution in [2.24, 2.45) is 0 Å². The lowest BCUT2D eigenvalue weighted by Crippen LogP contribution is -2.28. The SMILES string of the molecule is Cc1cc(Br)cn(CC(=O)Nc2cccc(Cl)c2Cl)c1=O. The number of nitrogens with zero attached hydrogens (tertiary/aromatic N) is 1. The van der Waals surface area contributed by atoms with Crippen LogP contribution in [-0.4, -0.2) is 10.5 Å². The van der Waals surface area contributed by atoms with Crippen LogP contribution in [0.4, 0.5) is 5.69 Å². The van der Waals surface area contributed by atoms with Gasteiger partial charge in [-0.05, 0) is 41.1 Å². The van der Waals surface area contributed by atoms with E-state index in [1.165, 1.54) is 4.57 Å². The van der Waals surface area contributed by atoms with E-state index in [1.54, 1.807) is 37.4 Å². The Kier molecular flexibility index (Phi) is 5.08. The number of aryl methyl sites for hydroxylation is 1. The van der Waals surface area contributed by atoms with E-state index in [0.29, 0.717) is 16.3 Å². The van der Waals surface area contributed by atoms with Crippen molar-refractivity contribution in [3.8, 4) is 0 Å². The minimum absolute atomic E-state index is 0.109. The second-order valence-electron chi connectivity index (χ2n) is 4.42. The number of nitrogens with one attached hydrogen (secondary N) is 1. The molecule has 2 rings (SSSR count). The van der Waals surface area contributed by atoms with Gasteiger partial charge < -0.3 is 9.88 Å². The molecule has 0 aliphatic carbocycles. The molecule has 1 amide bonds. The molecule has 1 heterocycles. The van der Waals surface area contributed by atoms with Gasteiger partial charge in [-0.2, -0.15) is 0 Å². The lowest BCUT2D eigenvalue weighted by atomic mass is 10.3. The number of carbonyl (C=O) groups is 1. The zero-order valence-corrected chi connectivity index (χ0v) is 14.1. The van der Waals surface area contributed by atoms with Crippen LogP contribution in [0, 0.1) is 6.92 Å². The molecule has 21 heavy (non-hydrogen) atoms. The smallest absolute Gasteiger partial charge is 0.253 e. The summed E-state index contributed by atoms with van der Waals surface area (Å²) >= 11 is 15.2. The van der Waals surface area contributed by atoms with E-state index in [-0.39, 0.29) is 23.0 Å². The van der Waals surface area contributed by atoms with Crippen molar-refractivity contribution in [3.05, 3.63) is 60.9 Å². The highest BCUT2D eigenvalue weighted by atomic mass is 79.9. The van der Waals surface area contributed by atoms with Crippen molar-refractivity contribution >= 4 is 50.7 Å². The van der Waals surface area contributed by atoms with Gasteiger partial charge >= 0.3 is 0 Å². The van der Waals surface area contributed by atoms with E-state index in [4.69, 9.17) is 23.2 Å². The number of aromatic nitrogens is 1. The van der Waals surface area contributed by atoms with Gasteiger partial charge in [-0.1, -0.05) is 29.3 Å². The molecule has 0 spiro atoms. The highest BCUT2D eigenvalue weighted by molar-refractivity contribution is 9.10. The lowest BCUT2D eigenvalue weighted by molar-refractivity contribution is -0.116. The molecule has 0 saturated heterocycles. The Morgan fingerprint density at radius 1 is 1.38 bits per heavy atom. The highest BCUT2D eigenvalue weighted by Gasteiger charge is 2.10. The van der Waals surface area contributed by atoms with Crippen LogP contribution in [0.2, 0.25) is 10.0 Å². The van der Waals surface area contributed by atoms with Gasteiger partial charge in [0, 0.05) is 16.2 Å². The average Bonchev–Trinajstić information content (AvgIpc) is 2.40. The molecule has 2 aromatic rings. The first-order valence-electron chi connectivity index (χ1n) is 5.99. The quantitative estimate of drug-likeness (QED) is 0.866. The zero-order chi connectivity index (χ0) is 15.6. The second-order valence-corrected chi connectivity index (χ2v) is 6.12. The Balaban J connectivity index is 2.20. The molecule has 0 radical (unpaired) electrons. The molecule has 4 nitrogen and oxygen atoms in total. The van der Waals surface area contributed by atoms with E-state index >= 15 is 0 Å². The Labute approximate surface area is 139 Å². The van der Waals surface area contributed by atoms with Gasteiger partial charge in [-0.3, -0.25) is 9.59 Å². The summed E-state index contributed by atoms with van der Waals surface area (Å²) in [7, 11) is 0. The van der Waals surface area contributed by atoms with Gasteiger partial charge in [-0.25, -0.2) is 0 Å². The maximum atomic E-state index is 12.0. The highest BCUT2D eigenvalue weighted by Crippen LogP contribution is 2.29. The van der Waals surface area contributed by atoms with Gasteiger partial charge in [0.1, 0.15) is 6.54 Å². The van der Waals surface area contributed by atoms with Crippen molar-refractivity contribution in [2.75, 3.05) is 5.32 Å². The molecular formula is C14H11BrCl2N2O2. The molecule has 7 heteroatoms. The van der Waals surface area contributed by atoms with Crippen LogP contribution >= 0.6 is 39.1 Å². The summed E-state index contributed by atoms with van der Waals surface area (Å²) in [6.07, 6.45) is 1.56. The minimum Gasteiger partial charge on any atom is -0.323 e. The summed E-state index contributed by atoms with van der Waals surface area (Å²) in [6, 6.07) is 6.65. The summed E-state index contributed by atoms with van der Waals surface area (Å²) in [4.78, 5) is 24.0. The fraction of sp³-hybridized carbons (Fsp3) is 0.143. The number of carbonyl (C=O) groups excluding carboxylic acids is 1. The maximum absolute atomic E-state index is 12.0. The molecule has 0 bridgehead atoms. The van der Waals surface area contributed by atoms with E-state index in [0.717, 1.165) is 4.47 Å². The number of hydrogen-bond acceptors (Lipinski definition) is 2. The normalized spacial score (nSPS) is 10.5. The Morgan fingerprint density at radius 3 is 2.81 bits per heavy atom. The number of amides is 1. The fourth-order valence-electron chi connectivity index (χ4n) is 1.80. The van der Waals surface area contributed by atoms with E-state index in [2.05, 4.69) is 21.2 Å². The van der Waals surface area contributed by atoms with Crippen molar-refractivity contribution in [1.82, 2.24) is 4.57 Å². The summed E-state index contributed by atoms with van der Waals surface area (Å²) in [5.41, 5.74) is 0.748. The summed E-state index contributed by atoms with van der Waals surface area (Å²) in [5.74, 6) is -0.362. The molecule has 0 saturated carbocycles.